The summed E-state index contributed by atoms with van der Waals surface area (Å²) in [5, 5.41) is 0.667. The van der Waals surface area contributed by atoms with Gasteiger partial charge in [0.15, 0.2) is 0 Å². The van der Waals surface area contributed by atoms with Crippen molar-refractivity contribution >= 4 is 22.8 Å². The molecule has 2 saturated heterocycles. The van der Waals surface area contributed by atoms with Gasteiger partial charge in [-0.2, -0.15) is 13.2 Å². The number of benzene rings is 1. The van der Waals surface area contributed by atoms with Crippen LogP contribution >= 0.6 is 0 Å². The number of hydrogen-bond donors (Lipinski definition) is 0. The third-order valence-electron chi connectivity index (χ3n) is 7.01. The first-order valence-electron chi connectivity index (χ1n) is 11.8. The van der Waals surface area contributed by atoms with E-state index in [1.807, 2.05) is 4.90 Å². The number of amides is 1. The van der Waals surface area contributed by atoms with Crippen LogP contribution < -0.4 is 4.90 Å². The summed E-state index contributed by atoms with van der Waals surface area (Å²) in [5.74, 6) is 0.704. The van der Waals surface area contributed by atoms with Crippen LogP contribution in [-0.2, 0) is 11.2 Å². The number of piperidine rings is 2. The van der Waals surface area contributed by atoms with Crippen molar-refractivity contribution in [2.45, 2.75) is 58.0 Å². The van der Waals surface area contributed by atoms with Gasteiger partial charge < -0.3 is 14.5 Å². The van der Waals surface area contributed by atoms with Crippen LogP contribution in [0.25, 0.3) is 10.9 Å². The first-order chi connectivity index (χ1) is 15.8. The smallest absolute Gasteiger partial charge is 0.409 e. The standard InChI is InChI=1S/C24H31F3N4O2/c1-2-3-14-33-22(32)31-12-8-23(9-13-31)6-10-30(11-7-23)21-19-15-18(16-24(25,26)27)4-5-20(19)28-17-29-21/h4-5,15,17H,2-3,6-14,16H2,1H3. The van der Waals surface area contributed by atoms with E-state index in [0.29, 0.717) is 36.4 Å². The Labute approximate surface area is 192 Å². The number of hydrogen-bond acceptors (Lipinski definition) is 5. The Balaban J connectivity index is 1.39. The molecule has 0 bridgehead atoms. The molecule has 1 amide bonds. The summed E-state index contributed by atoms with van der Waals surface area (Å²) < 4.78 is 44.0. The molecule has 180 valence electrons. The van der Waals surface area contributed by atoms with Crippen LogP contribution in [0.2, 0.25) is 0 Å². The molecule has 0 N–H and O–H groups in total. The Morgan fingerprint density at radius 3 is 2.45 bits per heavy atom. The van der Waals surface area contributed by atoms with Gasteiger partial charge in [-0.3, -0.25) is 0 Å². The molecule has 2 aliphatic heterocycles. The summed E-state index contributed by atoms with van der Waals surface area (Å²) in [7, 11) is 0. The lowest BCUT2D eigenvalue weighted by atomic mass is 9.71. The van der Waals surface area contributed by atoms with Crippen LogP contribution in [0.5, 0.6) is 0 Å². The second-order valence-electron chi connectivity index (χ2n) is 9.28. The number of unbranched alkanes of at least 4 members (excludes halogenated alkanes) is 1. The van der Waals surface area contributed by atoms with E-state index in [9.17, 15) is 18.0 Å². The summed E-state index contributed by atoms with van der Waals surface area (Å²) in [6.07, 6.45) is 1.78. The van der Waals surface area contributed by atoms with E-state index in [-0.39, 0.29) is 17.1 Å². The minimum atomic E-state index is -4.25. The predicted octanol–water partition coefficient (Wildman–Crippen LogP) is 5.35. The lowest BCUT2D eigenvalue weighted by Gasteiger charge is -2.47. The Morgan fingerprint density at radius 1 is 1.09 bits per heavy atom. The van der Waals surface area contributed by atoms with Crippen molar-refractivity contribution in [2.75, 3.05) is 37.7 Å². The largest absolute Gasteiger partial charge is 0.449 e. The maximum Gasteiger partial charge on any atom is 0.409 e. The van der Waals surface area contributed by atoms with Crippen molar-refractivity contribution < 1.29 is 22.7 Å². The third-order valence-corrected chi connectivity index (χ3v) is 7.01. The zero-order valence-electron chi connectivity index (χ0n) is 19.0. The number of nitrogens with zero attached hydrogens (tertiary/aromatic N) is 4. The van der Waals surface area contributed by atoms with Crippen molar-refractivity contribution in [1.29, 1.82) is 0 Å². The summed E-state index contributed by atoms with van der Waals surface area (Å²) in [5.41, 5.74) is 1.07. The Kier molecular flexibility index (Phi) is 6.95. The molecule has 2 aromatic rings. The van der Waals surface area contributed by atoms with Crippen molar-refractivity contribution in [1.82, 2.24) is 14.9 Å². The Morgan fingerprint density at radius 2 is 1.79 bits per heavy atom. The zero-order valence-corrected chi connectivity index (χ0v) is 19.0. The number of carbonyl (C=O) groups is 1. The average Bonchev–Trinajstić information content (AvgIpc) is 2.79. The van der Waals surface area contributed by atoms with Crippen LogP contribution in [0.1, 0.15) is 51.0 Å². The van der Waals surface area contributed by atoms with Crippen molar-refractivity contribution in [3.8, 4) is 0 Å². The van der Waals surface area contributed by atoms with E-state index >= 15 is 0 Å². The SMILES string of the molecule is CCCCOC(=O)N1CCC2(CC1)CCN(c1ncnc3ccc(CC(F)(F)F)cc13)CC2. The van der Waals surface area contributed by atoms with E-state index < -0.39 is 12.6 Å². The van der Waals surface area contributed by atoms with Gasteiger partial charge in [-0.05, 0) is 55.2 Å². The molecular weight excluding hydrogens is 433 g/mol. The normalized spacial score (nSPS) is 18.7. The van der Waals surface area contributed by atoms with Gasteiger partial charge in [0, 0.05) is 31.6 Å². The minimum absolute atomic E-state index is 0.195. The van der Waals surface area contributed by atoms with Gasteiger partial charge in [-0.15, -0.1) is 0 Å². The number of alkyl halides is 3. The lowest BCUT2D eigenvalue weighted by Crippen LogP contribution is -2.48. The van der Waals surface area contributed by atoms with Gasteiger partial charge in [-0.1, -0.05) is 19.4 Å². The van der Waals surface area contributed by atoms with Crippen LogP contribution in [0, 0.1) is 5.41 Å². The molecule has 4 rings (SSSR count). The topological polar surface area (TPSA) is 58.6 Å². The third kappa shape index (κ3) is 5.68. The number of ether oxygens (including phenoxy) is 1. The van der Waals surface area contributed by atoms with E-state index in [2.05, 4.69) is 21.8 Å². The van der Waals surface area contributed by atoms with E-state index in [4.69, 9.17) is 4.74 Å². The number of anilines is 1. The van der Waals surface area contributed by atoms with Crippen molar-refractivity contribution in [2.24, 2.45) is 5.41 Å². The predicted molar refractivity (Wildman–Crippen MR) is 120 cm³/mol. The van der Waals surface area contributed by atoms with E-state index in [1.165, 1.54) is 12.4 Å². The number of fused-ring (bicyclic) bond motifs is 1. The van der Waals surface area contributed by atoms with Crippen LogP contribution in [0.15, 0.2) is 24.5 Å². The maximum atomic E-state index is 12.9. The highest BCUT2D eigenvalue weighted by molar-refractivity contribution is 5.90. The molecular formula is C24H31F3N4O2. The highest BCUT2D eigenvalue weighted by atomic mass is 19.4. The number of halogens is 3. The second kappa shape index (κ2) is 9.73. The van der Waals surface area contributed by atoms with Crippen molar-refractivity contribution in [3.63, 3.8) is 0 Å². The van der Waals surface area contributed by atoms with Gasteiger partial charge in [0.2, 0.25) is 0 Å². The fourth-order valence-electron chi connectivity index (χ4n) is 4.94. The monoisotopic (exact) mass is 464 g/mol. The average molecular weight is 465 g/mol. The molecule has 1 aromatic carbocycles. The number of carbonyl (C=O) groups excluding carboxylic acids is 1. The van der Waals surface area contributed by atoms with Gasteiger partial charge in [-0.25, -0.2) is 14.8 Å². The molecule has 9 heteroatoms. The fraction of sp³-hybridized carbons (Fsp3) is 0.625. The molecule has 2 aliphatic rings. The van der Waals surface area contributed by atoms with E-state index in [1.54, 1.807) is 12.1 Å². The molecule has 0 unspecified atom stereocenters. The summed E-state index contributed by atoms with van der Waals surface area (Å²) >= 11 is 0. The molecule has 2 fully saturated rings. The Bertz CT molecular complexity index is 964. The first-order valence-corrected chi connectivity index (χ1v) is 11.8. The maximum absolute atomic E-state index is 12.9. The second-order valence-corrected chi connectivity index (χ2v) is 9.28. The van der Waals surface area contributed by atoms with Gasteiger partial charge in [0.25, 0.3) is 0 Å². The van der Waals surface area contributed by atoms with E-state index in [0.717, 1.165) is 51.6 Å². The number of likely N-dealkylation sites (tertiary alicyclic amines) is 1. The molecule has 0 radical (unpaired) electrons. The summed E-state index contributed by atoms with van der Waals surface area (Å²) in [6, 6.07) is 4.70. The summed E-state index contributed by atoms with van der Waals surface area (Å²) in [4.78, 5) is 24.9. The first kappa shape index (κ1) is 23.6. The molecule has 0 saturated carbocycles. The molecule has 3 heterocycles. The molecule has 0 atom stereocenters. The molecule has 1 aromatic heterocycles. The van der Waals surface area contributed by atoms with Gasteiger partial charge in [0.05, 0.1) is 18.5 Å². The lowest BCUT2D eigenvalue weighted by molar-refractivity contribution is -0.127. The van der Waals surface area contributed by atoms with Gasteiger partial charge in [0.1, 0.15) is 12.1 Å². The van der Waals surface area contributed by atoms with Crippen LogP contribution in [0.4, 0.5) is 23.8 Å². The summed E-state index contributed by atoms with van der Waals surface area (Å²) in [6.45, 7) is 5.54. The fourth-order valence-corrected chi connectivity index (χ4v) is 4.94. The molecule has 1 spiro atoms. The quantitative estimate of drug-likeness (QED) is 0.558. The number of rotatable bonds is 5. The highest BCUT2D eigenvalue weighted by Gasteiger charge is 2.39. The van der Waals surface area contributed by atoms with Gasteiger partial charge >= 0.3 is 12.3 Å². The number of aromatic nitrogens is 2. The van der Waals surface area contributed by atoms with Crippen LogP contribution in [-0.4, -0.2) is 59.9 Å². The molecule has 0 aliphatic carbocycles. The molecule has 33 heavy (non-hydrogen) atoms. The Hall–Kier alpha value is -2.58. The van der Waals surface area contributed by atoms with Crippen molar-refractivity contribution in [3.05, 3.63) is 30.1 Å². The molecule has 6 nitrogen and oxygen atoms in total. The van der Waals surface area contributed by atoms with Crippen LogP contribution in [0.3, 0.4) is 0 Å². The highest BCUT2D eigenvalue weighted by Crippen LogP contribution is 2.42. The zero-order chi connectivity index (χ0) is 23.5. The minimum Gasteiger partial charge on any atom is -0.449 e.